The summed E-state index contributed by atoms with van der Waals surface area (Å²) in [5.41, 5.74) is 0.0981. The van der Waals surface area contributed by atoms with E-state index in [-0.39, 0.29) is 6.04 Å². The molecule has 8 heteroatoms. The third kappa shape index (κ3) is 3.03. The Balaban J connectivity index is 1.96. The molecular formula is C17H16F4N2OS. The van der Waals surface area contributed by atoms with Crippen LogP contribution < -0.4 is 0 Å². The average Bonchev–Trinajstić information content (AvgIpc) is 3.05. The highest BCUT2D eigenvalue weighted by Gasteiger charge is 2.32. The molecule has 0 N–H and O–H groups in total. The Morgan fingerprint density at radius 1 is 1.28 bits per heavy atom. The Labute approximate surface area is 146 Å². The Morgan fingerprint density at radius 3 is 2.68 bits per heavy atom. The Morgan fingerprint density at radius 2 is 2.00 bits per heavy atom. The maximum absolute atomic E-state index is 13.9. The van der Waals surface area contributed by atoms with Crippen LogP contribution in [-0.2, 0) is 12.8 Å². The number of halogens is 4. The van der Waals surface area contributed by atoms with Gasteiger partial charge >= 0.3 is 0 Å². The molecule has 2 aromatic rings. The zero-order chi connectivity index (χ0) is 18.3. The normalized spacial score (nSPS) is 16.6. The Kier molecular flexibility index (Phi) is 4.81. The first-order valence-corrected chi connectivity index (χ1v) is 8.75. The highest BCUT2D eigenvalue weighted by atomic mass is 32.1. The van der Waals surface area contributed by atoms with Gasteiger partial charge in [0.05, 0.1) is 27.2 Å². The first kappa shape index (κ1) is 17.8. The van der Waals surface area contributed by atoms with Gasteiger partial charge in [-0.1, -0.05) is 6.92 Å². The number of carbonyl (C=O) groups excluding carboxylic acids is 1. The molecule has 0 saturated heterocycles. The molecule has 0 radical (unpaired) electrons. The van der Waals surface area contributed by atoms with Crippen molar-refractivity contribution in [2.45, 2.75) is 38.6 Å². The smallest absolute Gasteiger partial charge is 0.257 e. The van der Waals surface area contributed by atoms with Gasteiger partial charge in [-0.25, -0.2) is 22.5 Å². The second-order valence-corrected chi connectivity index (χ2v) is 7.06. The number of fused-ring (bicyclic) bond motifs is 1. The van der Waals surface area contributed by atoms with Crippen LogP contribution >= 0.6 is 11.3 Å². The zero-order valence-corrected chi connectivity index (χ0v) is 14.5. The van der Waals surface area contributed by atoms with E-state index in [1.165, 1.54) is 23.3 Å². The Bertz CT molecular complexity index is 837. The van der Waals surface area contributed by atoms with Crippen LogP contribution in [0, 0.1) is 23.3 Å². The molecule has 1 amide bonds. The number of benzene rings is 1. The molecule has 25 heavy (non-hydrogen) atoms. The quantitative estimate of drug-likeness (QED) is 0.454. The van der Waals surface area contributed by atoms with Crippen molar-refractivity contribution in [2.75, 3.05) is 7.05 Å². The number of hydrogen-bond donors (Lipinski definition) is 0. The molecule has 1 aromatic carbocycles. The third-order valence-electron chi connectivity index (χ3n) is 4.39. The SMILES string of the molecule is CCc1nc2c(s1)[C@@H](N(C)C(=O)c1cc(F)c(F)c(F)c1F)CCC2. The van der Waals surface area contributed by atoms with Crippen molar-refractivity contribution in [1.29, 1.82) is 0 Å². The van der Waals surface area contributed by atoms with Crippen LogP contribution in [-0.4, -0.2) is 22.8 Å². The van der Waals surface area contributed by atoms with E-state index in [9.17, 15) is 22.4 Å². The van der Waals surface area contributed by atoms with Gasteiger partial charge in [-0.05, 0) is 31.7 Å². The molecule has 3 nitrogen and oxygen atoms in total. The monoisotopic (exact) mass is 372 g/mol. The lowest BCUT2D eigenvalue weighted by Gasteiger charge is -2.30. The summed E-state index contributed by atoms with van der Waals surface area (Å²) in [6.07, 6.45) is 3.02. The largest absolute Gasteiger partial charge is 0.334 e. The van der Waals surface area contributed by atoms with Gasteiger partial charge in [0.25, 0.3) is 5.91 Å². The summed E-state index contributed by atoms with van der Waals surface area (Å²) >= 11 is 1.49. The van der Waals surface area contributed by atoms with Crippen LogP contribution in [0.3, 0.4) is 0 Å². The molecule has 0 unspecified atom stereocenters. The number of thiazole rings is 1. The van der Waals surface area contributed by atoms with Gasteiger partial charge in [0.15, 0.2) is 23.3 Å². The summed E-state index contributed by atoms with van der Waals surface area (Å²) in [5, 5.41) is 0.947. The summed E-state index contributed by atoms with van der Waals surface area (Å²) in [4.78, 5) is 19.3. The molecule has 1 aromatic heterocycles. The number of aromatic nitrogens is 1. The van der Waals surface area contributed by atoms with Crippen molar-refractivity contribution in [3.63, 3.8) is 0 Å². The minimum atomic E-state index is -1.98. The molecule has 1 heterocycles. The van der Waals surface area contributed by atoms with E-state index >= 15 is 0 Å². The molecule has 1 aliphatic rings. The Hall–Kier alpha value is -1.96. The maximum Gasteiger partial charge on any atom is 0.257 e. The summed E-state index contributed by atoms with van der Waals surface area (Å²) in [5.74, 6) is -8.06. The van der Waals surface area contributed by atoms with Crippen molar-refractivity contribution >= 4 is 17.2 Å². The number of nitrogens with zero attached hydrogens (tertiary/aromatic N) is 2. The van der Waals surface area contributed by atoms with E-state index in [0.29, 0.717) is 12.5 Å². The molecule has 0 saturated carbocycles. The van der Waals surface area contributed by atoms with Crippen LogP contribution in [0.1, 0.15) is 51.7 Å². The second kappa shape index (κ2) is 6.74. The number of carbonyl (C=O) groups is 1. The van der Waals surface area contributed by atoms with Gasteiger partial charge in [-0.2, -0.15) is 0 Å². The van der Waals surface area contributed by atoms with Crippen LogP contribution in [0.2, 0.25) is 0 Å². The summed E-state index contributed by atoms with van der Waals surface area (Å²) in [7, 11) is 1.45. The predicted molar refractivity (Wildman–Crippen MR) is 85.5 cm³/mol. The van der Waals surface area contributed by atoms with E-state index in [0.717, 1.165) is 34.8 Å². The standard InChI is InChI=1S/C17H16F4N2OS/c1-3-12-22-10-5-4-6-11(16(10)25-12)23(2)17(24)8-7-9(18)14(20)15(21)13(8)19/h7,11H,3-6H2,1-2H3/t11-/m0/s1. The molecule has 3 rings (SSSR count). The molecule has 1 atom stereocenters. The zero-order valence-electron chi connectivity index (χ0n) is 13.7. The fraction of sp³-hybridized carbons (Fsp3) is 0.412. The minimum Gasteiger partial charge on any atom is -0.334 e. The summed E-state index contributed by atoms with van der Waals surface area (Å²) in [6, 6.07) is 0.0603. The van der Waals surface area contributed by atoms with Gasteiger partial charge in [-0.3, -0.25) is 4.79 Å². The van der Waals surface area contributed by atoms with Crippen molar-refractivity contribution in [3.8, 4) is 0 Å². The number of hydrogen-bond acceptors (Lipinski definition) is 3. The first-order chi connectivity index (χ1) is 11.8. The van der Waals surface area contributed by atoms with E-state index in [4.69, 9.17) is 0 Å². The van der Waals surface area contributed by atoms with Crippen LogP contribution in [0.25, 0.3) is 0 Å². The second-order valence-electron chi connectivity index (χ2n) is 5.94. The molecule has 0 spiro atoms. The molecule has 1 aliphatic carbocycles. The average molecular weight is 372 g/mol. The van der Waals surface area contributed by atoms with Gasteiger partial charge in [-0.15, -0.1) is 11.3 Å². The van der Waals surface area contributed by atoms with Gasteiger partial charge in [0.2, 0.25) is 0 Å². The van der Waals surface area contributed by atoms with E-state index < -0.39 is 34.7 Å². The first-order valence-electron chi connectivity index (χ1n) is 7.93. The third-order valence-corrected chi connectivity index (χ3v) is 5.73. The maximum atomic E-state index is 13.9. The van der Waals surface area contributed by atoms with E-state index in [1.54, 1.807) is 0 Å². The fourth-order valence-electron chi connectivity index (χ4n) is 3.03. The molecule has 0 aliphatic heterocycles. The summed E-state index contributed by atoms with van der Waals surface area (Å²) in [6.45, 7) is 1.98. The lowest BCUT2D eigenvalue weighted by atomic mass is 9.96. The number of rotatable bonds is 3. The van der Waals surface area contributed by atoms with Crippen LogP contribution in [0.5, 0.6) is 0 Å². The molecular weight excluding hydrogens is 356 g/mol. The number of amides is 1. The fourth-order valence-corrected chi connectivity index (χ4v) is 4.26. The van der Waals surface area contributed by atoms with Gasteiger partial charge < -0.3 is 4.90 Å². The van der Waals surface area contributed by atoms with Crippen LogP contribution in [0.15, 0.2) is 6.07 Å². The van der Waals surface area contributed by atoms with Crippen molar-refractivity contribution in [3.05, 3.63) is 50.5 Å². The predicted octanol–water partition coefficient (Wildman–Crippen LogP) is 4.41. The van der Waals surface area contributed by atoms with Crippen LogP contribution in [0.4, 0.5) is 17.6 Å². The van der Waals surface area contributed by atoms with E-state index in [1.807, 2.05) is 6.92 Å². The van der Waals surface area contributed by atoms with E-state index in [2.05, 4.69) is 4.98 Å². The molecule has 0 bridgehead atoms. The number of aryl methyl sites for hydroxylation is 2. The highest BCUT2D eigenvalue weighted by molar-refractivity contribution is 7.11. The lowest BCUT2D eigenvalue weighted by Crippen LogP contribution is -2.33. The highest BCUT2D eigenvalue weighted by Crippen LogP contribution is 2.38. The van der Waals surface area contributed by atoms with Crippen molar-refractivity contribution < 1.29 is 22.4 Å². The topological polar surface area (TPSA) is 33.2 Å². The van der Waals surface area contributed by atoms with Gasteiger partial charge in [0, 0.05) is 7.05 Å². The summed E-state index contributed by atoms with van der Waals surface area (Å²) < 4.78 is 53.9. The molecule has 134 valence electrons. The molecule has 0 fully saturated rings. The van der Waals surface area contributed by atoms with Crippen molar-refractivity contribution in [2.24, 2.45) is 0 Å². The van der Waals surface area contributed by atoms with Crippen molar-refractivity contribution in [1.82, 2.24) is 9.88 Å². The minimum absolute atomic E-state index is 0.343. The van der Waals surface area contributed by atoms with Gasteiger partial charge in [0.1, 0.15) is 0 Å². The lowest BCUT2D eigenvalue weighted by molar-refractivity contribution is 0.0711.